The van der Waals surface area contributed by atoms with Crippen molar-refractivity contribution < 1.29 is 13.7 Å². The molecule has 4 aromatic heterocycles. The Hall–Kier alpha value is -4.40. The van der Waals surface area contributed by atoms with E-state index in [-0.39, 0.29) is 22.5 Å². The summed E-state index contributed by atoms with van der Waals surface area (Å²) in [7, 11) is 1.77. The number of carbonyl (C=O) groups excluding carboxylic acids is 1. The molecule has 0 aliphatic heterocycles. The molecule has 0 saturated heterocycles. The lowest BCUT2D eigenvalue weighted by atomic mass is 10.1. The van der Waals surface area contributed by atoms with Crippen molar-refractivity contribution in [1.29, 1.82) is 0 Å². The maximum Gasteiger partial charge on any atom is 0.295 e. The lowest BCUT2D eigenvalue weighted by molar-refractivity contribution is 0.102. The van der Waals surface area contributed by atoms with E-state index in [4.69, 9.17) is 8.94 Å². The Labute approximate surface area is 181 Å². The Bertz CT molecular complexity index is 1510. The van der Waals surface area contributed by atoms with Gasteiger partial charge in [-0.05, 0) is 44.2 Å². The predicted molar refractivity (Wildman–Crippen MR) is 118 cm³/mol. The summed E-state index contributed by atoms with van der Waals surface area (Å²) in [5.74, 6) is 0.0137. The highest BCUT2D eigenvalue weighted by Crippen LogP contribution is 2.28. The molecule has 0 bridgehead atoms. The molecule has 0 aliphatic rings. The van der Waals surface area contributed by atoms with E-state index in [1.54, 1.807) is 43.8 Å². The number of fused-ring (bicyclic) bond motifs is 1. The summed E-state index contributed by atoms with van der Waals surface area (Å²) < 4.78 is 13.9. The highest BCUT2D eigenvalue weighted by molar-refractivity contribution is 6.13. The predicted octanol–water partition coefficient (Wildman–Crippen LogP) is 3.84. The Morgan fingerprint density at radius 1 is 1.09 bits per heavy atom. The van der Waals surface area contributed by atoms with Crippen LogP contribution in [-0.2, 0) is 7.05 Å². The largest absolute Gasteiger partial charge is 0.463 e. The number of aromatic nitrogens is 4. The van der Waals surface area contributed by atoms with Crippen molar-refractivity contribution in [3.63, 3.8) is 0 Å². The number of nitrogens with zero attached hydrogens (tertiary/aromatic N) is 4. The van der Waals surface area contributed by atoms with Crippen molar-refractivity contribution in [2.24, 2.45) is 7.05 Å². The minimum atomic E-state index is -0.470. The summed E-state index contributed by atoms with van der Waals surface area (Å²) in [6.45, 7) is 3.50. The quantitative estimate of drug-likeness (QED) is 0.465. The van der Waals surface area contributed by atoms with Gasteiger partial charge in [-0.3, -0.25) is 14.3 Å². The average Bonchev–Trinajstić information content (AvgIpc) is 3.51. The summed E-state index contributed by atoms with van der Waals surface area (Å²) in [4.78, 5) is 31.0. The van der Waals surface area contributed by atoms with Crippen molar-refractivity contribution in [3.05, 3.63) is 82.1 Å². The normalized spacial score (nSPS) is 11.2. The fraction of sp³-hybridized carbons (Fsp3) is 0.130. The van der Waals surface area contributed by atoms with E-state index in [1.807, 2.05) is 30.3 Å². The molecule has 9 heteroatoms. The zero-order valence-electron chi connectivity index (χ0n) is 17.6. The van der Waals surface area contributed by atoms with Gasteiger partial charge < -0.3 is 14.3 Å². The Morgan fingerprint density at radius 3 is 2.59 bits per heavy atom. The lowest BCUT2D eigenvalue weighted by Crippen LogP contribution is -2.23. The highest BCUT2D eigenvalue weighted by atomic mass is 16.5. The minimum Gasteiger partial charge on any atom is -0.463 e. The first-order valence-corrected chi connectivity index (χ1v) is 9.92. The van der Waals surface area contributed by atoms with Crippen molar-refractivity contribution >= 4 is 22.7 Å². The Kier molecular flexibility index (Phi) is 4.51. The molecule has 9 nitrogen and oxygen atoms in total. The van der Waals surface area contributed by atoms with Crippen molar-refractivity contribution in [2.45, 2.75) is 13.8 Å². The maximum absolute atomic E-state index is 13.4. The summed E-state index contributed by atoms with van der Waals surface area (Å²) in [5.41, 5.74) is 2.63. The van der Waals surface area contributed by atoms with E-state index >= 15 is 0 Å². The van der Waals surface area contributed by atoms with Gasteiger partial charge in [-0.25, -0.2) is 9.67 Å². The molecule has 32 heavy (non-hydrogen) atoms. The van der Waals surface area contributed by atoms with Gasteiger partial charge in [0.1, 0.15) is 11.4 Å². The van der Waals surface area contributed by atoms with Crippen LogP contribution < -0.4 is 10.9 Å². The van der Waals surface area contributed by atoms with E-state index in [0.29, 0.717) is 33.9 Å². The fourth-order valence-electron chi connectivity index (χ4n) is 3.72. The molecule has 4 heterocycles. The van der Waals surface area contributed by atoms with Crippen LogP contribution in [-0.4, -0.2) is 25.4 Å². The number of pyridine rings is 1. The lowest BCUT2D eigenvalue weighted by Gasteiger charge is -2.07. The van der Waals surface area contributed by atoms with Gasteiger partial charge in [-0.15, -0.1) is 0 Å². The third kappa shape index (κ3) is 3.02. The standard InChI is InChI=1S/C23H19N5O4/c1-13-19-16(12-17(18-10-7-11-31-18)24-22(19)32-26-13)21(29)25-20-14(2)27(3)28(23(20)30)15-8-5-4-6-9-15/h4-12H,1-3H3,(H,25,29). The van der Waals surface area contributed by atoms with Gasteiger partial charge in [-0.1, -0.05) is 23.4 Å². The molecule has 0 unspecified atom stereocenters. The number of para-hydroxylation sites is 1. The second-order valence-electron chi connectivity index (χ2n) is 7.37. The number of anilines is 1. The van der Waals surface area contributed by atoms with Crippen molar-refractivity contribution in [1.82, 2.24) is 19.5 Å². The van der Waals surface area contributed by atoms with E-state index < -0.39 is 5.91 Å². The number of amides is 1. The maximum atomic E-state index is 13.4. The van der Waals surface area contributed by atoms with Crippen LogP contribution in [0.2, 0.25) is 0 Å². The molecule has 5 aromatic rings. The number of rotatable bonds is 4. The smallest absolute Gasteiger partial charge is 0.295 e. The van der Waals surface area contributed by atoms with Gasteiger partial charge in [0.25, 0.3) is 17.2 Å². The van der Waals surface area contributed by atoms with Gasteiger partial charge >= 0.3 is 0 Å². The van der Waals surface area contributed by atoms with Crippen LogP contribution in [0.15, 0.2) is 68.5 Å². The number of hydrogen-bond donors (Lipinski definition) is 1. The number of carbonyl (C=O) groups is 1. The second kappa shape index (κ2) is 7.38. The van der Waals surface area contributed by atoms with Crippen LogP contribution in [0.1, 0.15) is 21.7 Å². The molecule has 0 radical (unpaired) electrons. The molecule has 1 aromatic carbocycles. The van der Waals surface area contributed by atoms with E-state index in [9.17, 15) is 9.59 Å². The molecule has 0 aliphatic carbocycles. The highest BCUT2D eigenvalue weighted by Gasteiger charge is 2.23. The van der Waals surface area contributed by atoms with Gasteiger partial charge in [0.05, 0.1) is 34.3 Å². The van der Waals surface area contributed by atoms with Crippen LogP contribution in [0.25, 0.3) is 28.2 Å². The Morgan fingerprint density at radius 2 is 1.88 bits per heavy atom. The van der Waals surface area contributed by atoms with Gasteiger partial charge in [-0.2, -0.15) is 0 Å². The van der Waals surface area contributed by atoms with E-state index in [0.717, 1.165) is 0 Å². The molecule has 0 fully saturated rings. The summed E-state index contributed by atoms with van der Waals surface area (Å²) in [5, 5.41) is 7.21. The van der Waals surface area contributed by atoms with Crippen LogP contribution in [0, 0.1) is 13.8 Å². The second-order valence-corrected chi connectivity index (χ2v) is 7.37. The fourth-order valence-corrected chi connectivity index (χ4v) is 3.72. The SMILES string of the molecule is Cc1noc2nc(-c3ccco3)cc(C(=O)Nc3c(C)n(C)n(-c4ccccc4)c3=O)c12. The number of hydrogen-bond acceptors (Lipinski definition) is 6. The van der Waals surface area contributed by atoms with Crippen LogP contribution in [0.4, 0.5) is 5.69 Å². The van der Waals surface area contributed by atoms with E-state index in [2.05, 4.69) is 15.5 Å². The number of furan rings is 1. The molecule has 0 atom stereocenters. The van der Waals surface area contributed by atoms with Crippen LogP contribution in [0.5, 0.6) is 0 Å². The monoisotopic (exact) mass is 429 g/mol. The van der Waals surface area contributed by atoms with Crippen molar-refractivity contribution in [2.75, 3.05) is 5.32 Å². The third-order valence-electron chi connectivity index (χ3n) is 5.43. The summed E-state index contributed by atoms with van der Waals surface area (Å²) in [6.07, 6.45) is 1.52. The third-order valence-corrected chi connectivity index (χ3v) is 5.43. The molecular formula is C23H19N5O4. The zero-order chi connectivity index (χ0) is 22.4. The van der Waals surface area contributed by atoms with Gasteiger partial charge in [0.15, 0.2) is 5.76 Å². The van der Waals surface area contributed by atoms with Crippen LogP contribution in [0.3, 0.4) is 0 Å². The first kappa shape index (κ1) is 19.6. The van der Waals surface area contributed by atoms with E-state index in [1.165, 1.54) is 10.9 Å². The minimum absolute atomic E-state index is 0.194. The molecule has 0 saturated carbocycles. The van der Waals surface area contributed by atoms with Gasteiger partial charge in [0.2, 0.25) is 0 Å². The zero-order valence-corrected chi connectivity index (χ0v) is 17.6. The Balaban J connectivity index is 1.61. The van der Waals surface area contributed by atoms with Gasteiger partial charge in [0, 0.05) is 7.05 Å². The van der Waals surface area contributed by atoms with Crippen LogP contribution >= 0.6 is 0 Å². The number of benzene rings is 1. The average molecular weight is 429 g/mol. The molecule has 5 rings (SSSR count). The van der Waals surface area contributed by atoms with Crippen molar-refractivity contribution in [3.8, 4) is 17.1 Å². The summed E-state index contributed by atoms with van der Waals surface area (Å²) in [6, 6.07) is 14.3. The molecule has 1 amide bonds. The number of aryl methyl sites for hydroxylation is 1. The number of nitrogens with one attached hydrogen (secondary N) is 1. The first-order chi connectivity index (χ1) is 15.5. The molecule has 0 spiro atoms. The molecular weight excluding hydrogens is 410 g/mol. The summed E-state index contributed by atoms with van der Waals surface area (Å²) >= 11 is 0. The first-order valence-electron chi connectivity index (χ1n) is 9.92. The topological polar surface area (TPSA) is 108 Å². The molecule has 160 valence electrons. The molecule has 1 N–H and O–H groups in total.